The van der Waals surface area contributed by atoms with E-state index in [1.54, 1.807) is 6.92 Å². The predicted molar refractivity (Wildman–Crippen MR) is 66.2 cm³/mol. The molecule has 0 aliphatic rings. The minimum Gasteiger partial charge on any atom is -0.309 e. The topological polar surface area (TPSA) is 65.1 Å². The van der Waals surface area contributed by atoms with Gasteiger partial charge in [0.2, 0.25) is 0 Å². The Balaban J connectivity index is 3.06. The van der Waals surface area contributed by atoms with Gasteiger partial charge in [-0.05, 0) is 18.8 Å². The van der Waals surface area contributed by atoms with Crippen LogP contribution in [0.5, 0.6) is 0 Å². The zero-order valence-electron chi connectivity index (χ0n) is 10.7. The molecule has 0 bridgehead atoms. The Morgan fingerprint density at radius 2 is 2.00 bits per heavy atom. The van der Waals surface area contributed by atoms with Crippen molar-refractivity contribution in [1.29, 1.82) is 0 Å². The van der Waals surface area contributed by atoms with Gasteiger partial charge in [0.15, 0.2) is 0 Å². The SMILES string of the molecule is Cc1cc([N+](=O)[O-])cn(CCC(C)(C)C)c1=O. The first kappa shape index (κ1) is 13.4. The van der Waals surface area contributed by atoms with E-state index in [2.05, 4.69) is 20.8 Å². The average molecular weight is 238 g/mol. The minimum atomic E-state index is -0.472. The molecule has 0 saturated heterocycles. The molecule has 17 heavy (non-hydrogen) atoms. The molecule has 0 aliphatic carbocycles. The summed E-state index contributed by atoms with van der Waals surface area (Å²) < 4.78 is 1.43. The van der Waals surface area contributed by atoms with Crippen molar-refractivity contribution >= 4 is 5.69 Å². The van der Waals surface area contributed by atoms with Crippen molar-refractivity contribution in [2.45, 2.75) is 40.7 Å². The normalized spacial score (nSPS) is 11.5. The van der Waals surface area contributed by atoms with Gasteiger partial charge in [-0.25, -0.2) is 0 Å². The van der Waals surface area contributed by atoms with Crippen LogP contribution in [-0.4, -0.2) is 9.49 Å². The van der Waals surface area contributed by atoms with E-state index >= 15 is 0 Å². The van der Waals surface area contributed by atoms with Crippen LogP contribution in [0.25, 0.3) is 0 Å². The molecule has 94 valence electrons. The van der Waals surface area contributed by atoms with E-state index in [4.69, 9.17) is 0 Å². The lowest BCUT2D eigenvalue weighted by molar-refractivity contribution is -0.385. The number of hydrogen-bond donors (Lipinski definition) is 0. The molecular weight excluding hydrogens is 220 g/mol. The molecule has 0 aromatic carbocycles. The summed E-state index contributed by atoms with van der Waals surface area (Å²) in [5.41, 5.74) is 0.321. The number of aromatic nitrogens is 1. The monoisotopic (exact) mass is 238 g/mol. The lowest BCUT2D eigenvalue weighted by atomic mass is 9.92. The molecule has 5 nitrogen and oxygen atoms in total. The Kier molecular flexibility index (Phi) is 3.70. The number of aryl methyl sites for hydroxylation is 2. The van der Waals surface area contributed by atoms with Crippen LogP contribution in [0.2, 0.25) is 0 Å². The Hall–Kier alpha value is -1.65. The van der Waals surface area contributed by atoms with Gasteiger partial charge in [-0.15, -0.1) is 0 Å². The lowest BCUT2D eigenvalue weighted by Gasteiger charge is -2.18. The Morgan fingerprint density at radius 3 is 2.47 bits per heavy atom. The third-order valence-corrected chi connectivity index (χ3v) is 2.56. The zero-order chi connectivity index (χ0) is 13.2. The average Bonchev–Trinajstić information content (AvgIpc) is 2.18. The van der Waals surface area contributed by atoms with E-state index in [0.717, 1.165) is 6.42 Å². The van der Waals surface area contributed by atoms with Gasteiger partial charge in [0.25, 0.3) is 11.2 Å². The molecule has 1 aromatic rings. The quantitative estimate of drug-likeness (QED) is 0.600. The summed E-state index contributed by atoms with van der Waals surface area (Å²) in [6.45, 7) is 8.32. The third kappa shape index (κ3) is 3.69. The second kappa shape index (κ2) is 4.69. The van der Waals surface area contributed by atoms with Crippen LogP contribution >= 0.6 is 0 Å². The summed E-state index contributed by atoms with van der Waals surface area (Å²) in [6, 6.07) is 1.32. The van der Waals surface area contributed by atoms with E-state index in [0.29, 0.717) is 12.1 Å². The molecule has 0 saturated carbocycles. The van der Waals surface area contributed by atoms with E-state index < -0.39 is 4.92 Å². The molecule has 0 fully saturated rings. The molecule has 1 rings (SSSR count). The van der Waals surface area contributed by atoms with Crippen molar-refractivity contribution in [1.82, 2.24) is 4.57 Å². The Labute approximate surface area is 100 Å². The molecule has 5 heteroatoms. The van der Waals surface area contributed by atoms with E-state index in [9.17, 15) is 14.9 Å². The fourth-order valence-corrected chi connectivity index (χ4v) is 1.49. The van der Waals surface area contributed by atoms with Crippen molar-refractivity contribution < 1.29 is 4.92 Å². The van der Waals surface area contributed by atoms with Crippen LogP contribution in [-0.2, 0) is 6.54 Å². The molecule has 1 heterocycles. The van der Waals surface area contributed by atoms with Gasteiger partial charge >= 0.3 is 0 Å². The van der Waals surface area contributed by atoms with Crippen molar-refractivity contribution in [2.24, 2.45) is 5.41 Å². The number of nitrogens with zero attached hydrogens (tertiary/aromatic N) is 2. The highest BCUT2D eigenvalue weighted by molar-refractivity contribution is 5.30. The minimum absolute atomic E-state index is 0.0315. The van der Waals surface area contributed by atoms with E-state index in [-0.39, 0.29) is 16.7 Å². The van der Waals surface area contributed by atoms with Gasteiger partial charge < -0.3 is 4.57 Å². The van der Waals surface area contributed by atoms with Crippen molar-refractivity contribution in [3.8, 4) is 0 Å². The highest BCUT2D eigenvalue weighted by atomic mass is 16.6. The van der Waals surface area contributed by atoms with Crippen LogP contribution in [0, 0.1) is 22.5 Å². The predicted octanol–water partition coefficient (Wildman–Crippen LogP) is 2.50. The van der Waals surface area contributed by atoms with Crippen molar-refractivity contribution in [2.75, 3.05) is 0 Å². The lowest BCUT2D eigenvalue weighted by Crippen LogP contribution is -2.24. The van der Waals surface area contributed by atoms with Gasteiger partial charge in [0.1, 0.15) is 0 Å². The summed E-state index contributed by atoms with van der Waals surface area (Å²) in [5.74, 6) is 0. The molecular formula is C12H18N2O3. The first-order valence-corrected chi connectivity index (χ1v) is 5.56. The van der Waals surface area contributed by atoms with E-state index in [1.807, 2.05) is 0 Å². The van der Waals surface area contributed by atoms with Gasteiger partial charge in [-0.3, -0.25) is 14.9 Å². The number of nitro groups is 1. The third-order valence-electron chi connectivity index (χ3n) is 2.56. The maximum absolute atomic E-state index is 11.8. The van der Waals surface area contributed by atoms with Crippen LogP contribution in [0.1, 0.15) is 32.8 Å². The van der Waals surface area contributed by atoms with Crippen LogP contribution < -0.4 is 5.56 Å². The largest absolute Gasteiger partial charge is 0.309 e. The van der Waals surface area contributed by atoms with Gasteiger partial charge in [0, 0.05) is 18.2 Å². The standard InChI is InChI=1S/C12H18N2O3/c1-9-7-10(14(16)17)8-13(11(9)15)6-5-12(2,3)4/h7-8H,5-6H2,1-4H3. The Bertz CT molecular complexity index is 484. The van der Waals surface area contributed by atoms with Crippen molar-refractivity contribution in [3.05, 3.63) is 38.3 Å². The fourth-order valence-electron chi connectivity index (χ4n) is 1.49. The Morgan fingerprint density at radius 1 is 1.41 bits per heavy atom. The first-order chi connectivity index (χ1) is 7.70. The molecule has 1 aromatic heterocycles. The molecule has 0 N–H and O–H groups in total. The number of pyridine rings is 1. The molecule has 0 spiro atoms. The van der Waals surface area contributed by atoms with E-state index in [1.165, 1.54) is 16.8 Å². The van der Waals surface area contributed by atoms with Crippen LogP contribution in [0.15, 0.2) is 17.1 Å². The smallest absolute Gasteiger partial charge is 0.286 e. The van der Waals surface area contributed by atoms with Crippen LogP contribution in [0.4, 0.5) is 5.69 Å². The molecule has 0 unspecified atom stereocenters. The number of hydrogen-bond acceptors (Lipinski definition) is 3. The summed E-state index contributed by atoms with van der Waals surface area (Å²) in [4.78, 5) is 22.0. The van der Waals surface area contributed by atoms with Gasteiger partial charge in [0.05, 0.1) is 11.1 Å². The summed E-state index contributed by atoms with van der Waals surface area (Å²) in [5, 5.41) is 10.7. The zero-order valence-corrected chi connectivity index (χ0v) is 10.7. The highest BCUT2D eigenvalue weighted by Gasteiger charge is 2.14. The molecule has 0 aliphatic heterocycles. The fraction of sp³-hybridized carbons (Fsp3) is 0.583. The maximum Gasteiger partial charge on any atom is 0.286 e. The maximum atomic E-state index is 11.8. The second-order valence-corrected chi connectivity index (χ2v) is 5.45. The summed E-state index contributed by atoms with van der Waals surface area (Å²) in [6.07, 6.45) is 2.12. The number of rotatable bonds is 3. The summed E-state index contributed by atoms with van der Waals surface area (Å²) >= 11 is 0. The molecule has 0 radical (unpaired) electrons. The molecule has 0 amide bonds. The second-order valence-electron chi connectivity index (χ2n) is 5.45. The van der Waals surface area contributed by atoms with Crippen LogP contribution in [0.3, 0.4) is 0 Å². The van der Waals surface area contributed by atoms with Gasteiger partial charge in [-0.1, -0.05) is 20.8 Å². The van der Waals surface area contributed by atoms with Crippen molar-refractivity contribution in [3.63, 3.8) is 0 Å². The molecule has 0 atom stereocenters. The summed E-state index contributed by atoms with van der Waals surface area (Å²) in [7, 11) is 0. The highest BCUT2D eigenvalue weighted by Crippen LogP contribution is 2.19. The van der Waals surface area contributed by atoms with Gasteiger partial charge in [-0.2, -0.15) is 0 Å². The first-order valence-electron chi connectivity index (χ1n) is 5.56.